The van der Waals surface area contributed by atoms with E-state index in [-0.39, 0.29) is 29.4 Å². The van der Waals surface area contributed by atoms with Crippen molar-refractivity contribution in [3.63, 3.8) is 0 Å². The van der Waals surface area contributed by atoms with Crippen LogP contribution in [0.25, 0.3) is 0 Å². The Hall–Kier alpha value is -1.36. The van der Waals surface area contributed by atoms with Crippen LogP contribution in [-0.4, -0.2) is 36.8 Å². The molecule has 1 aromatic carbocycles. The molecule has 0 saturated carbocycles. The van der Waals surface area contributed by atoms with E-state index in [0.29, 0.717) is 19.4 Å². The van der Waals surface area contributed by atoms with Crippen LogP contribution < -0.4 is 0 Å². The minimum absolute atomic E-state index is 0.0140. The molecule has 2 atom stereocenters. The molecule has 22 heavy (non-hydrogen) atoms. The quantitative estimate of drug-likeness (QED) is 0.808. The zero-order chi connectivity index (χ0) is 16.2. The molecule has 5 heteroatoms. The molecule has 0 aliphatic carbocycles. The third kappa shape index (κ3) is 4.57. The normalized spacial score (nSPS) is 21.5. The Morgan fingerprint density at radius 1 is 1.32 bits per heavy atom. The number of carbonyl (C=O) groups is 1. The molecule has 0 bridgehead atoms. The summed E-state index contributed by atoms with van der Waals surface area (Å²) in [5.41, 5.74) is 1.11. The summed E-state index contributed by atoms with van der Waals surface area (Å²) in [7, 11) is -2.92. The molecule has 1 heterocycles. The molecular formula is C17H25NO3S. The third-order valence-electron chi connectivity index (χ3n) is 4.43. The molecular weight excluding hydrogens is 298 g/mol. The molecule has 1 saturated heterocycles. The van der Waals surface area contributed by atoms with E-state index in [1.807, 2.05) is 42.2 Å². The maximum Gasteiger partial charge on any atom is 0.223 e. The number of nitrogens with zero attached hydrogens (tertiary/aromatic N) is 1. The average molecular weight is 323 g/mol. The molecule has 1 aromatic rings. The highest BCUT2D eigenvalue weighted by Crippen LogP contribution is 2.23. The SMILES string of the molecule is CCC(C)N(Cc1ccccc1)C(=O)CC1CCS(=O)(=O)C1. The van der Waals surface area contributed by atoms with Gasteiger partial charge >= 0.3 is 0 Å². The van der Waals surface area contributed by atoms with Gasteiger partial charge in [-0.3, -0.25) is 4.79 Å². The van der Waals surface area contributed by atoms with Gasteiger partial charge in [-0.05, 0) is 31.2 Å². The molecule has 1 amide bonds. The summed E-state index contributed by atoms with van der Waals surface area (Å²) in [5, 5.41) is 0. The van der Waals surface area contributed by atoms with Crippen molar-refractivity contribution in [3.05, 3.63) is 35.9 Å². The van der Waals surface area contributed by atoms with E-state index in [1.165, 1.54) is 0 Å². The Balaban J connectivity index is 2.03. The number of hydrogen-bond donors (Lipinski definition) is 0. The first-order chi connectivity index (χ1) is 10.4. The van der Waals surface area contributed by atoms with Crippen molar-refractivity contribution in [2.75, 3.05) is 11.5 Å². The molecule has 122 valence electrons. The molecule has 2 unspecified atom stereocenters. The number of rotatable bonds is 6. The van der Waals surface area contributed by atoms with Gasteiger partial charge in [0.05, 0.1) is 11.5 Å². The van der Waals surface area contributed by atoms with E-state index < -0.39 is 9.84 Å². The summed E-state index contributed by atoms with van der Waals surface area (Å²) in [6.07, 6.45) is 1.85. The van der Waals surface area contributed by atoms with E-state index in [4.69, 9.17) is 0 Å². The molecule has 2 rings (SSSR count). The molecule has 1 fully saturated rings. The Morgan fingerprint density at radius 3 is 2.55 bits per heavy atom. The highest BCUT2D eigenvalue weighted by atomic mass is 32.2. The van der Waals surface area contributed by atoms with Gasteiger partial charge in [-0.2, -0.15) is 0 Å². The van der Waals surface area contributed by atoms with Gasteiger partial charge in [0.25, 0.3) is 0 Å². The number of amides is 1. The first kappa shape index (κ1) is 17.0. The molecule has 1 aliphatic heterocycles. The minimum Gasteiger partial charge on any atom is -0.336 e. The number of hydrogen-bond acceptors (Lipinski definition) is 3. The highest BCUT2D eigenvalue weighted by Gasteiger charge is 2.31. The maximum atomic E-state index is 12.6. The molecule has 0 N–H and O–H groups in total. The van der Waals surface area contributed by atoms with Crippen molar-refractivity contribution in [2.24, 2.45) is 5.92 Å². The Bertz CT molecular complexity index is 598. The Morgan fingerprint density at radius 2 is 2.00 bits per heavy atom. The van der Waals surface area contributed by atoms with Crippen LogP contribution in [0.5, 0.6) is 0 Å². The molecule has 1 aliphatic rings. The van der Waals surface area contributed by atoms with Crippen LogP contribution in [0.4, 0.5) is 0 Å². The first-order valence-corrected chi connectivity index (χ1v) is 9.77. The number of sulfone groups is 1. The standard InChI is InChI=1S/C17H25NO3S/c1-3-14(2)18(12-15-7-5-4-6-8-15)17(19)11-16-9-10-22(20,21)13-16/h4-8,14,16H,3,9-13H2,1-2H3. The molecule has 0 radical (unpaired) electrons. The zero-order valence-electron chi connectivity index (χ0n) is 13.4. The van der Waals surface area contributed by atoms with Crippen molar-refractivity contribution in [1.82, 2.24) is 4.90 Å². The van der Waals surface area contributed by atoms with Gasteiger partial charge in [-0.25, -0.2) is 8.42 Å². The fourth-order valence-corrected chi connectivity index (χ4v) is 4.75. The van der Waals surface area contributed by atoms with Gasteiger partial charge < -0.3 is 4.90 Å². The van der Waals surface area contributed by atoms with E-state index in [0.717, 1.165) is 12.0 Å². The van der Waals surface area contributed by atoms with Crippen molar-refractivity contribution in [1.29, 1.82) is 0 Å². The topological polar surface area (TPSA) is 54.5 Å². The smallest absolute Gasteiger partial charge is 0.223 e. The van der Waals surface area contributed by atoms with Crippen LogP contribution in [0.15, 0.2) is 30.3 Å². The van der Waals surface area contributed by atoms with Gasteiger partial charge in [-0.15, -0.1) is 0 Å². The summed E-state index contributed by atoms with van der Waals surface area (Å²) in [6.45, 7) is 4.70. The van der Waals surface area contributed by atoms with Crippen molar-refractivity contribution in [3.8, 4) is 0 Å². The van der Waals surface area contributed by atoms with Gasteiger partial charge in [0.15, 0.2) is 9.84 Å². The van der Waals surface area contributed by atoms with Gasteiger partial charge in [0.2, 0.25) is 5.91 Å². The van der Waals surface area contributed by atoms with Crippen molar-refractivity contribution < 1.29 is 13.2 Å². The summed E-state index contributed by atoms with van der Waals surface area (Å²) in [6, 6.07) is 10.1. The van der Waals surface area contributed by atoms with E-state index >= 15 is 0 Å². The Kier molecular flexibility index (Phi) is 5.62. The summed E-state index contributed by atoms with van der Waals surface area (Å²) >= 11 is 0. The lowest BCUT2D eigenvalue weighted by atomic mass is 10.0. The summed E-state index contributed by atoms with van der Waals surface area (Å²) in [5.74, 6) is 0.450. The maximum absolute atomic E-state index is 12.6. The zero-order valence-corrected chi connectivity index (χ0v) is 14.2. The van der Waals surface area contributed by atoms with Crippen LogP contribution in [0, 0.1) is 5.92 Å². The van der Waals surface area contributed by atoms with Crippen molar-refractivity contribution in [2.45, 2.75) is 45.7 Å². The monoisotopic (exact) mass is 323 g/mol. The number of benzene rings is 1. The second-order valence-corrected chi connectivity index (χ2v) is 8.47. The molecule has 0 spiro atoms. The average Bonchev–Trinajstić information content (AvgIpc) is 2.83. The third-order valence-corrected chi connectivity index (χ3v) is 6.27. The van der Waals surface area contributed by atoms with Gasteiger partial charge in [0, 0.05) is 19.0 Å². The van der Waals surface area contributed by atoms with Gasteiger partial charge in [0.1, 0.15) is 0 Å². The second-order valence-electron chi connectivity index (χ2n) is 6.24. The Labute approximate surface area is 133 Å². The lowest BCUT2D eigenvalue weighted by Crippen LogP contribution is -2.38. The fraction of sp³-hybridized carbons (Fsp3) is 0.588. The highest BCUT2D eigenvalue weighted by molar-refractivity contribution is 7.91. The van der Waals surface area contributed by atoms with Gasteiger partial charge in [-0.1, -0.05) is 37.3 Å². The number of carbonyl (C=O) groups excluding carboxylic acids is 1. The van der Waals surface area contributed by atoms with E-state index in [1.54, 1.807) is 0 Å². The fourth-order valence-electron chi connectivity index (χ4n) is 2.89. The summed E-state index contributed by atoms with van der Waals surface area (Å²) in [4.78, 5) is 14.5. The molecule has 4 nitrogen and oxygen atoms in total. The predicted octanol–water partition coefficient (Wildman–Crippen LogP) is 2.64. The largest absolute Gasteiger partial charge is 0.336 e. The van der Waals surface area contributed by atoms with Crippen LogP contribution in [0.1, 0.15) is 38.7 Å². The second kappa shape index (κ2) is 7.27. The first-order valence-electron chi connectivity index (χ1n) is 7.95. The van der Waals surface area contributed by atoms with Crippen molar-refractivity contribution >= 4 is 15.7 Å². The van der Waals surface area contributed by atoms with E-state index in [9.17, 15) is 13.2 Å². The lowest BCUT2D eigenvalue weighted by molar-refractivity contribution is -0.134. The lowest BCUT2D eigenvalue weighted by Gasteiger charge is -2.29. The van der Waals surface area contributed by atoms with E-state index in [2.05, 4.69) is 6.92 Å². The molecule has 0 aromatic heterocycles. The minimum atomic E-state index is -2.92. The van der Waals surface area contributed by atoms with Crippen LogP contribution >= 0.6 is 0 Å². The predicted molar refractivity (Wildman–Crippen MR) is 88.1 cm³/mol. The van der Waals surface area contributed by atoms with Crippen LogP contribution in [0.2, 0.25) is 0 Å². The summed E-state index contributed by atoms with van der Waals surface area (Å²) < 4.78 is 23.1. The van der Waals surface area contributed by atoms with Crippen LogP contribution in [-0.2, 0) is 21.2 Å². The van der Waals surface area contributed by atoms with Crippen LogP contribution in [0.3, 0.4) is 0 Å².